The van der Waals surface area contributed by atoms with Crippen molar-refractivity contribution in [1.82, 2.24) is 0 Å². The maximum Gasteiger partial charge on any atom is 0.0390 e. The van der Waals surface area contributed by atoms with Crippen LogP contribution in [0.5, 0.6) is 0 Å². The zero-order valence-corrected chi connectivity index (χ0v) is 21.1. The molecule has 3 aromatic carbocycles. The molecular weight excluding hydrogens is 388 g/mol. The van der Waals surface area contributed by atoms with Crippen LogP contribution in [0.3, 0.4) is 0 Å². The third kappa shape index (κ3) is 4.41. The van der Waals surface area contributed by atoms with Crippen LogP contribution in [0.15, 0.2) is 48.5 Å². The van der Waals surface area contributed by atoms with Crippen molar-refractivity contribution < 1.29 is 0 Å². The van der Waals surface area contributed by atoms with E-state index in [1.165, 1.54) is 44.5 Å². The summed E-state index contributed by atoms with van der Waals surface area (Å²) in [5.41, 5.74) is 25.0. The van der Waals surface area contributed by atoms with Crippen LogP contribution in [0, 0.1) is 0 Å². The van der Waals surface area contributed by atoms with Crippen molar-refractivity contribution in [3.63, 3.8) is 0 Å². The largest absolute Gasteiger partial charge is 0.398 e. The molecule has 0 spiro atoms. The molecular formula is C30H40N2. The molecule has 170 valence electrons. The Morgan fingerprint density at radius 2 is 0.875 bits per heavy atom. The fourth-order valence-corrected chi connectivity index (χ4v) is 4.92. The highest BCUT2D eigenvalue weighted by Crippen LogP contribution is 2.41. The summed E-state index contributed by atoms with van der Waals surface area (Å²) in [5.74, 6) is 1.51. The summed E-state index contributed by atoms with van der Waals surface area (Å²) in [7, 11) is 0. The van der Waals surface area contributed by atoms with Gasteiger partial charge in [0.05, 0.1) is 0 Å². The second kappa shape index (κ2) is 9.40. The van der Waals surface area contributed by atoms with Gasteiger partial charge in [0.15, 0.2) is 0 Å². The maximum atomic E-state index is 6.68. The molecule has 0 fully saturated rings. The van der Waals surface area contributed by atoms with E-state index in [-0.39, 0.29) is 0 Å². The van der Waals surface area contributed by atoms with E-state index in [0.717, 1.165) is 11.4 Å². The van der Waals surface area contributed by atoms with Crippen LogP contribution in [0.2, 0.25) is 0 Å². The summed E-state index contributed by atoms with van der Waals surface area (Å²) in [6.07, 6.45) is 0. The molecule has 0 bridgehead atoms. The van der Waals surface area contributed by atoms with Crippen molar-refractivity contribution in [3.05, 3.63) is 70.8 Å². The van der Waals surface area contributed by atoms with Crippen LogP contribution in [-0.2, 0) is 0 Å². The molecule has 3 aromatic rings. The summed E-state index contributed by atoms with van der Waals surface area (Å²) in [4.78, 5) is 0. The van der Waals surface area contributed by atoms with Gasteiger partial charge >= 0.3 is 0 Å². The van der Waals surface area contributed by atoms with Crippen LogP contribution < -0.4 is 11.5 Å². The Labute approximate surface area is 195 Å². The molecule has 0 amide bonds. The van der Waals surface area contributed by atoms with E-state index in [1.54, 1.807) is 0 Å². The molecule has 0 saturated carbocycles. The SMILES string of the molecule is CC(C)c1ccc(-c2cccc(-c3ccc(C(C)C)c(N)c3C(C)C)c2)c(C(C)C)c1N. The van der Waals surface area contributed by atoms with Gasteiger partial charge in [-0.1, -0.05) is 97.9 Å². The van der Waals surface area contributed by atoms with E-state index in [1.807, 2.05) is 0 Å². The minimum absolute atomic E-state index is 0.347. The second-order valence-electron chi connectivity index (χ2n) is 10.3. The van der Waals surface area contributed by atoms with Crippen LogP contribution >= 0.6 is 0 Å². The first-order valence-electron chi connectivity index (χ1n) is 12.0. The molecule has 2 nitrogen and oxygen atoms in total. The number of nitrogens with two attached hydrogens (primary N) is 2. The summed E-state index contributed by atoms with van der Waals surface area (Å²) in [5, 5.41) is 0. The molecule has 0 unspecified atom stereocenters. The first-order valence-corrected chi connectivity index (χ1v) is 12.0. The number of hydrogen-bond acceptors (Lipinski definition) is 2. The van der Waals surface area contributed by atoms with Gasteiger partial charge in [-0.25, -0.2) is 0 Å². The molecule has 0 aliphatic carbocycles. The first kappa shape index (κ1) is 23.9. The molecule has 0 aliphatic rings. The molecule has 0 aromatic heterocycles. The highest BCUT2D eigenvalue weighted by Gasteiger charge is 2.19. The van der Waals surface area contributed by atoms with E-state index in [0.29, 0.717) is 23.7 Å². The number of rotatable bonds is 6. The van der Waals surface area contributed by atoms with Gasteiger partial charge in [-0.15, -0.1) is 0 Å². The van der Waals surface area contributed by atoms with Crippen molar-refractivity contribution in [2.24, 2.45) is 0 Å². The lowest BCUT2D eigenvalue weighted by molar-refractivity contribution is 0.841. The van der Waals surface area contributed by atoms with E-state index in [4.69, 9.17) is 11.5 Å². The van der Waals surface area contributed by atoms with Crippen LogP contribution in [-0.4, -0.2) is 0 Å². The quantitative estimate of drug-likeness (QED) is 0.386. The molecule has 0 radical (unpaired) electrons. The summed E-state index contributed by atoms with van der Waals surface area (Å²) >= 11 is 0. The van der Waals surface area contributed by atoms with E-state index in [2.05, 4.69) is 104 Å². The fourth-order valence-electron chi connectivity index (χ4n) is 4.92. The van der Waals surface area contributed by atoms with Crippen molar-refractivity contribution >= 4 is 11.4 Å². The Bertz CT molecular complexity index is 1020. The lowest BCUT2D eigenvalue weighted by Gasteiger charge is -2.22. The molecule has 0 heterocycles. The van der Waals surface area contributed by atoms with E-state index >= 15 is 0 Å². The highest BCUT2D eigenvalue weighted by atomic mass is 14.6. The van der Waals surface area contributed by atoms with E-state index < -0.39 is 0 Å². The van der Waals surface area contributed by atoms with Gasteiger partial charge in [0.1, 0.15) is 0 Å². The smallest absolute Gasteiger partial charge is 0.0390 e. The van der Waals surface area contributed by atoms with Crippen LogP contribution in [0.1, 0.15) is 101 Å². The average molecular weight is 429 g/mol. The third-order valence-electron chi connectivity index (χ3n) is 6.53. The van der Waals surface area contributed by atoms with Gasteiger partial charge in [-0.05, 0) is 74.2 Å². The molecule has 32 heavy (non-hydrogen) atoms. The van der Waals surface area contributed by atoms with Crippen LogP contribution in [0.4, 0.5) is 11.4 Å². The number of hydrogen-bond donors (Lipinski definition) is 2. The molecule has 0 aliphatic heterocycles. The molecule has 0 saturated heterocycles. The predicted molar refractivity (Wildman–Crippen MR) is 142 cm³/mol. The number of benzene rings is 3. The average Bonchev–Trinajstić information content (AvgIpc) is 2.72. The Kier molecular flexibility index (Phi) is 7.03. The van der Waals surface area contributed by atoms with E-state index in [9.17, 15) is 0 Å². The lowest BCUT2D eigenvalue weighted by Crippen LogP contribution is -2.06. The Morgan fingerprint density at radius 1 is 0.500 bits per heavy atom. The summed E-state index contributed by atoms with van der Waals surface area (Å²) < 4.78 is 0. The van der Waals surface area contributed by atoms with Gasteiger partial charge < -0.3 is 11.5 Å². The fraction of sp³-hybridized carbons (Fsp3) is 0.400. The minimum Gasteiger partial charge on any atom is -0.398 e. The molecule has 2 heteroatoms. The van der Waals surface area contributed by atoms with Gasteiger partial charge in [0.25, 0.3) is 0 Å². The van der Waals surface area contributed by atoms with Gasteiger partial charge in [-0.2, -0.15) is 0 Å². The van der Waals surface area contributed by atoms with Crippen molar-refractivity contribution in [3.8, 4) is 22.3 Å². The predicted octanol–water partition coefficient (Wildman–Crippen LogP) is 8.68. The monoisotopic (exact) mass is 428 g/mol. The summed E-state index contributed by atoms with van der Waals surface area (Å²) in [6, 6.07) is 17.7. The van der Waals surface area contributed by atoms with Gasteiger partial charge in [0, 0.05) is 11.4 Å². The molecule has 3 rings (SSSR count). The topological polar surface area (TPSA) is 52.0 Å². The normalized spacial score (nSPS) is 11.9. The third-order valence-corrected chi connectivity index (χ3v) is 6.53. The Morgan fingerprint density at radius 3 is 1.19 bits per heavy atom. The van der Waals surface area contributed by atoms with Crippen molar-refractivity contribution in [1.29, 1.82) is 0 Å². The first-order chi connectivity index (χ1) is 15.0. The standard InChI is InChI=1S/C30H40N2/c1-17(2)23-12-14-25(27(19(5)6)29(23)31)21-10-9-11-22(16-21)26-15-13-24(18(3)4)30(32)28(26)20(7)8/h9-20H,31-32H2,1-8H3. The molecule has 0 atom stereocenters. The van der Waals surface area contributed by atoms with Crippen molar-refractivity contribution in [2.75, 3.05) is 11.5 Å². The van der Waals surface area contributed by atoms with Crippen molar-refractivity contribution in [2.45, 2.75) is 79.1 Å². The maximum absolute atomic E-state index is 6.68. The summed E-state index contributed by atoms with van der Waals surface area (Å²) in [6.45, 7) is 17.7. The molecule has 4 N–H and O–H groups in total. The number of anilines is 2. The zero-order valence-electron chi connectivity index (χ0n) is 21.1. The Balaban J connectivity index is 2.22. The van der Waals surface area contributed by atoms with Gasteiger partial charge in [-0.3, -0.25) is 0 Å². The van der Waals surface area contributed by atoms with Gasteiger partial charge in [0.2, 0.25) is 0 Å². The number of nitrogen functional groups attached to an aromatic ring is 2. The zero-order chi connectivity index (χ0) is 23.7. The second-order valence-corrected chi connectivity index (χ2v) is 10.3. The highest BCUT2D eigenvalue weighted by molar-refractivity contribution is 5.82. The lowest BCUT2D eigenvalue weighted by atomic mass is 9.84. The Hall–Kier alpha value is -2.74. The minimum atomic E-state index is 0.347. The van der Waals surface area contributed by atoms with Crippen LogP contribution in [0.25, 0.3) is 22.3 Å².